The van der Waals surface area contributed by atoms with Crippen LogP contribution in [0.3, 0.4) is 0 Å². The SMILES string of the molecule is CCCN(C(=O)C1CSCN1)C1COCC1C(=O)O. The smallest absolute Gasteiger partial charge is 0.311 e. The summed E-state index contributed by atoms with van der Waals surface area (Å²) in [7, 11) is 0. The summed E-state index contributed by atoms with van der Waals surface area (Å²) in [5.41, 5.74) is 0. The molecule has 6 nitrogen and oxygen atoms in total. The number of rotatable bonds is 5. The van der Waals surface area contributed by atoms with Gasteiger partial charge in [0.25, 0.3) is 0 Å². The van der Waals surface area contributed by atoms with E-state index in [2.05, 4.69) is 5.32 Å². The number of nitrogens with zero attached hydrogens (tertiary/aromatic N) is 1. The zero-order valence-electron chi connectivity index (χ0n) is 11.0. The molecule has 0 aromatic carbocycles. The maximum Gasteiger partial charge on any atom is 0.311 e. The van der Waals surface area contributed by atoms with Crippen LogP contribution >= 0.6 is 11.8 Å². The second kappa shape index (κ2) is 6.58. The van der Waals surface area contributed by atoms with E-state index < -0.39 is 11.9 Å². The molecular weight excluding hydrogens is 268 g/mol. The van der Waals surface area contributed by atoms with Gasteiger partial charge in [-0.05, 0) is 6.42 Å². The van der Waals surface area contributed by atoms with E-state index in [0.29, 0.717) is 13.2 Å². The summed E-state index contributed by atoms with van der Waals surface area (Å²) in [6, 6.07) is -0.524. The molecule has 7 heteroatoms. The molecule has 3 unspecified atom stereocenters. The minimum absolute atomic E-state index is 0.00796. The van der Waals surface area contributed by atoms with Crippen molar-refractivity contribution in [3.05, 3.63) is 0 Å². The van der Waals surface area contributed by atoms with Crippen LogP contribution in [-0.4, -0.2) is 65.4 Å². The van der Waals surface area contributed by atoms with Crippen molar-refractivity contribution in [2.24, 2.45) is 5.92 Å². The average Bonchev–Trinajstić information content (AvgIpc) is 3.05. The molecule has 2 aliphatic rings. The van der Waals surface area contributed by atoms with Crippen molar-refractivity contribution in [3.63, 3.8) is 0 Å². The van der Waals surface area contributed by atoms with E-state index in [1.165, 1.54) is 0 Å². The van der Waals surface area contributed by atoms with Crippen LogP contribution < -0.4 is 5.32 Å². The third-order valence-electron chi connectivity index (χ3n) is 3.53. The van der Waals surface area contributed by atoms with Crippen LogP contribution in [0.4, 0.5) is 0 Å². The highest BCUT2D eigenvalue weighted by molar-refractivity contribution is 7.99. The lowest BCUT2D eigenvalue weighted by Gasteiger charge is -2.32. The minimum Gasteiger partial charge on any atom is -0.481 e. The van der Waals surface area contributed by atoms with Gasteiger partial charge >= 0.3 is 5.97 Å². The summed E-state index contributed by atoms with van der Waals surface area (Å²) in [4.78, 5) is 25.4. The van der Waals surface area contributed by atoms with Crippen LogP contribution in [0.2, 0.25) is 0 Å². The fourth-order valence-corrected chi connectivity index (χ4v) is 3.45. The highest BCUT2D eigenvalue weighted by Gasteiger charge is 2.41. The molecule has 2 saturated heterocycles. The lowest BCUT2D eigenvalue weighted by atomic mass is 10.0. The lowest BCUT2D eigenvalue weighted by Crippen LogP contribution is -2.53. The molecule has 19 heavy (non-hydrogen) atoms. The number of thioether (sulfide) groups is 1. The molecule has 2 heterocycles. The van der Waals surface area contributed by atoms with E-state index in [1.807, 2.05) is 6.92 Å². The molecule has 1 amide bonds. The van der Waals surface area contributed by atoms with Crippen LogP contribution in [0.5, 0.6) is 0 Å². The quantitative estimate of drug-likeness (QED) is 0.740. The first-order valence-corrected chi connectivity index (χ1v) is 7.72. The topological polar surface area (TPSA) is 78.9 Å². The van der Waals surface area contributed by atoms with Gasteiger partial charge in [0.15, 0.2) is 0 Å². The molecule has 0 saturated carbocycles. The van der Waals surface area contributed by atoms with Gasteiger partial charge in [-0.1, -0.05) is 6.92 Å². The van der Waals surface area contributed by atoms with Crippen molar-refractivity contribution in [1.29, 1.82) is 0 Å². The van der Waals surface area contributed by atoms with Gasteiger partial charge in [0.1, 0.15) is 5.92 Å². The normalized spacial score (nSPS) is 30.5. The van der Waals surface area contributed by atoms with Crippen molar-refractivity contribution >= 4 is 23.6 Å². The van der Waals surface area contributed by atoms with Crippen molar-refractivity contribution in [2.75, 3.05) is 31.4 Å². The Kier molecular flexibility index (Phi) is 5.06. The lowest BCUT2D eigenvalue weighted by molar-refractivity contribution is -0.145. The fraction of sp³-hybridized carbons (Fsp3) is 0.833. The standard InChI is InChI=1S/C12H20N2O4S/c1-2-3-14(11(15)9-6-19-7-13-9)10-5-18-4-8(10)12(16)17/h8-10,13H,2-7H2,1H3,(H,16,17). The summed E-state index contributed by atoms with van der Waals surface area (Å²) >= 11 is 1.69. The number of amides is 1. The number of nitrogens with one attached hydrogen (secondary N) is 1. The Labute approximate surface area is 116 Å². The molecular formula is C12H20N2O4S. The number of hydrogen-bond acceptors (Lipinski definition) is 5. The summed E-state index contributed by atoms with van der Waals surface area (Å²) in [5.74, 6) is 0.0490. The molecule has 2 N–H and O–H groups in total. The molecule has 0 radical (unpaired) electrons. The van der Waals surface area contributed by atoms with Crippen molar-refractivity contribution < 1.29 is 19.4 Å². The molecule has 0 aliphatic carbocycles. The van der Waals surface area contributed by atoms with Gasteiger partial charge in [-0.25, -0.2) is 0 Å². The Morgan fingerprint density at radius 1 is 1.47 bits per heavy atom. The Morgan fingerprint density at radius 3 is 2.84 bits per heavy atom. The third-order valence-corrected chi connectivity index (χ3v) is 4.47. The van der Waals surface area contributed by atoms with Gasteiger partial charge in [0, 0.05) is 18.2 Å². The van der Waals surface area contributed by atoms with E-state index in [1.54, 1.807) is 16.7 Å². The molecule has 0 aromatic rings. The number of ether oxygens (including phenoxy) is 1. The second-order valence-corrected chi connectivity index (χ2v) is 5.88. The van der Waals surface area contributed by atoms with Crippen LogP contribution in [-0.2, 0) is 14.3 Å². The van der Waals surface area contributed by atoms with E-state index in [0.717, 1.165) is 18.1 Å². The monoisotopic (exact) mass is 288 g/mol. The summed E-state index contributed by atoms with van der Waals surface area (Å²) in [6.07, 6.45) is 0.814. The predicted octanol–water partition coefficient (Wildman–Crippen LogP) is -0.0129. The van der Waals surface area contributed by atoms with Crippen molar-refractivity contribution in [2.45, 2.75) is 25.4 Å². The number of carbonyl (C=O) groups excluding carboxylic acids is 1. The summed E-state index contributed by atoms with van der Waals surface area (Å²) in [5, 5.41) is 12.4. The number of carboxylic acid groups (broad SMARTS) is 1. The van der Waals surface area contributed by atoms with E-state index in [4.69, 9.17) is 4.74 Å². The third kappa shape index (κ3) is 3.21. The van der Waals surface area contributed by atoms with Gasteiger partial charge in [-0.3, -0.25) is 14.9 Å². The van der Waals surface area contributed by atoms with Crippen LogP contribution in [0.1, 0.15) is 13.3 Å². The predicted molar refractivity (Wildman–Crippen MR) is 72.0 cm³/mol. The van der Waals surface area contributed by atoms with Crippen LogP contribution in [0.25, 0.3) is 0 Å². The molecule has 0 bridgehead atoms. The van der Waals surface area contributed by atoms with Gasteiger partial charge in [-0.2, -0.15) is 0 Å². The molecule has 0 aromatic heterocycles. The van der Waals surface area contributed by atoms with E-state index in [-0.39, 0.29) is 24.6 Å². The molecule has 2 aliphatic heterocycles. The zero-order valence-corrected chi connectivity index (χ0v) is 11.8. The Morgan fingerprint density at radius 2 is 2.26 bits per heavy atom. The van der Waals surface area contributed by atoms with Gasteiger partial charge in [0.2, 0.25) is 5.91 Å². The van der Waals surface area contributed by atoms with Gasteiger partial charge in [-0.15, -0.1) is 11.8 Å². The second-order valence-electron chi connectivity index (χ2n) is 4.85. The van der Waals surface area contributed by atoms with E-state index >= 15 is 0 Å². The molecule has 0 spiro atoms. The van der Waals surface area contributed by atoms with E-state index in [9.17, 15) is 14.7 Å². The molecule has 108 valence electrons. The molecule has 3 atom stereocenters. The number of hydrogen-bond donors (Lipinski definition) is 2. The van der Waals surface area contributed by atoms with Gasteiger partial charge < -0.3 is 14.7 Å². The van der Waals surface area contributed by atoms with Crippen LogP contribution in [0.15, 0.2) is 0 Å². The number of aliphatic carboxylic acids is 1. The Balaban J connectivity index is 2.09. The Hall–Kier alpha value is -0.790. The van der Waals surface area contributed by atoms with Crippen molar-refractivity contribution in [3.8, 4) is 0 Å². The minimum atomic E-state index is -0.884. The first kappa shape index (κ1) is 14.6. The molecule has 2 rings (SSSR count). The first-order chi connectivity index (χ1) is 9.15. The molecule has 2 fully saturated rings. The average molecular weight is 288 g/mol. The summed E-state index contributed by atoms with van der Waals surface area (Å²) < 4.78 is 5.27. The number of carboxylic acids is 1. The summed E-state index contributed by atoms with van der Waals surface area (Å²) in [6.45, 7) is 3.09. The van der Waals surface area contributed by atoms with Crippen LogP contribution in [0, 0.1) is 5.92 Å². The highest BCUT2D eigenvalue weighted by atomic mass is 32.2. The fourth-order valence-electron chi connectivity index (χ4n) is 2.52. The Bertz CT molecular complexity index is 347. The number of carbonyl (C=O) groups is 2. The first-order valence-electron chi connectivity index (χ1n) is 6.57. The maximum absolute atomic E-state index is 12.5. The largest absolute Gasteiger partial charge is 0.481 e. The van der Waals surface area contributed by atoms with Gasteiger partial charge in [0.05, 0.1) is 25.3 Å². The zero-order chi connectivity index (χ0) is 13.8. The highest BCUT2D eigenvalue weighted by Crippen LogP contribution is 2.23. The van der Waals surface area contributed by atoms with Crippen molar-refractivity contribution in [1.82, 2.24) is 10.2 Å². The maximum atomic E-state index is 12.5.